The Hall–Kier alpha value is -1.98. The fourth-order valence-electron chi connectivity index (χ4n) is 2.87. The van der Waals surface area contributed by atoms with Crippen molar-refractivity contribution in [2.75, 3.05) is 39.5 Å². The highest BCUT2D eigenvalue weighted by Gasteiger charge is 2.12. The number of pyridine rings is 1. The second kappa shape index (κ2) is 8.22. The average molecular weight is 330 g/mol. The first-order valence-electron chi connectivity index (χ1n) is 8.33. The van der Waals surface area contributed by atoms with Gasteiger partial charge in [0.2, 0.25) is 0 Å². The van der Waals surface area contributed by atoms with Gasteiger partial charge in [0.15, 0.2) is 0 Å². The van der Waals surface area contributed by atoms with Gasteiger partial charge in [-0.15, -0.1) is 0 Å². The number of hydrogen-bond acceptors (Lipinski definition) is 4. The van der Waals surface area contributed by atoms with Gasteiger partial charge in [-0.3, -0.25) is 9.88 Å². The summed E-state index contributed by atoms with van der Waals surface area (Å²) >= 11 is 0. The molecule has 2 heterocycles. The van der Waals surface area contributed by atoms with Gasteiger partial charge in [-0.25, -0.2) is 4.39 Å². The van der Waals surface area contributed by atoms with E-state index < -0.39 is 0 Å². The minimum absolute atomic E-state index is 0.219. The van der Waals surface area contributed by atoms with Gasteiger partial charge >= 0.3 is 0 Å². The summed E-state index contributed by atoms with van der Waals surface area (Å²) in [6.07, 6.45) is 4.33. The third kappa shape index (κ3) is 4.52. The lowest BCUT2D eigenvalue weighted by Gasteiger charge is -2.26. The van der Waals surface area contributed by atoms with Crippen molar-refractivity contribution >= 4 is 0 Å². The molecule has 1 aliphatic rings. The van der Waals surface area contributed by atoms with Crippen LogP contribution < -0.4 is 4.74 Å². The number of nitrogens with zero attached hydrogens (tertiary/aromatic N) is 2. The van der Waals surface area contributed by atoms with Gasteiger partial charge in [0.05, 0.1) is 13.2 Å². The quantitative estimate of drug-likeness (QED) is 0.816. The molecule has 0 radical (unpaired) electrons. The van der Waals surface area contributed by atoms with E-state index >= 15 is 0 Å². The first-order valence-corrected chi connectivity index (χ1v) is 8.33. The Balaban J connectivity index is 1.64. The highest BCUT2D eigenvalue weighted by Crippen LogP contribution is 2.25. The van der Waals surface area contributed by atoms with E-state index in [0.29, 0.717) is 13.0 Å². The first kappa shape index (κ1) is 16.9. The van der Waals surface area contributed by atoms with Crippen molar-refractivity contribution in [3.63, 3.8) is 0 Å². The van der Waals surface area contributed by atoms with E-state index in [0.717, 1.165) is 55.3 Å². The minimum atomic E-state index is -0.219. The van der Waals surface area contributed by atoms with Crippen LogP contribution in [0.5, 0.6) is 5.75 Å². The van der Waals surface area contributed by atoms with E-state index in [-0.39, 0.29) is 5.82 Å². The van der Waals surface area contributed by atoms with Crippen molar-refractivity contribution in [2.24, 2.45) is 0 Å². The van der Waals surface area contributed by atoms with Crippen LogP contribution in [0, 0.1) is 12.7 Å². The third-order valence-electron chi connectivity index (χ3n) is 4.21. The number of halogens is 1. The van der Waals surface area contributed by atoms with E-state index in [9.17, 15) is 4.39 Å². The van der Waals surface area contributed by atoms with Gasteiger partial charge < -0.3 is 9.47 Å². The predicted octanol–water partition coefficient (Wildman–Crippen LogP) is 2.83. The van der Waals surface area contributed by atoms with Crippen LogP contribution in [0.3, 0.4) is 0 Å². The molecule has 1 fully saturated rings. The van der Waals surface area contributed by atoms with Crippen LogP contribution in [0.25, 0.3) is 0 Å². The molecule has 0 unspecified atom stereocenters. The molecule has 0 atom stereocenters. The molecular weight excluding hydrogens is 307 g/mol. The SMILES string of the molecule is Cc1cncc(Cc2ccc(F)cc2)c1OCCN1CCOCC1. The Morgan fingerprint density at radius 3 is 2.67 bits per heavy atom. The molecule has 5 heteroatoms. The second-order valence-electron chi connectivity index (χ2n) is 6.05. The van der Waals surface area contributed by atoms with Crippen molar-refractivity contribution in [3.05, 3.63) is 59.2 Å². The fraction of sp³-hybridized carbons (Fsp3) is 0.421. The predicted molar refractivity (Wildman–Crippen MR) is 90.9 cm³/mol. The molecule has 1 aromatic carbocycles. The molecule has 1 aliphatic heterocycles. The summed E-state index contributed by atoms with van der Waals surface area (Å²) in [5.41, 5.74) is 3.10. The number of aryl methyl sites for hydroxylation is 1. The number of benzene rings is 1. The molecule has 1 saturated heterocycles. The van der Waals surface area contributed by atoms with Crippen LogP contribution in [0.2, 0.25) is 0 Å². The zero-order chi connectivity index (χ0) is 16.8. The lowest BCUT2D eigenvalue weighted by molar-refractivity contribution is 0.0321. The van der Waals surface area contributed by atoms with Crippen molar-refractivity contribution in [1.82, 2.24) is 9.88 Å². The molecule has 0 amide bonds. The van der Waals surface area contributed by atoms with E-state index in [1.807, 2.05) is 19.3 Å². The zero-order valence-corrected chi connectivity index (χ0v) is 14.0. The van der Waals surface area contributed by atoms with Gasteiger partial charge in [0.1, 0.15) is 18.2 Å². The van der Waals surface area contributed by atoms with Crippen molar-refractivity contribution in [2.45, 2.75) is 13.3 Å². The number of hydrogen-bond donors (Lipinski definition) is 0. The maximum Gasteiger partial charge on any atom is 0.128 e. The molecule has 1 aromatic heterocycles. The van der Waals surface area contributed by atoms with E-state index in [4.69, 9.17) is 9.47 Å². The molecule has 128 valence electrons. The number of rotatable bonds is 6. The van der Waals surface area contributed by atoms with Crippen LogP contribution in [-0.2, 0) is 11.2 Å². The Morgan fingerprint density at radius 2 is 1.92 bits per heavy atom. The number of ether oxygens (including phenoxy) is 2. The summed E-state index contributed by atoms with van der Waals surface area (Å²) in [6, 6.07) is 6.57. The molecule has 4 nitrogen and oxygen atoms in total. The maximum absolute atomic E-state index is 13.1. The number of aromatic nitrogens is 1. The highest BCUT2D eigenvalue weighted by atomic mass is 19.1. The maximum atomic E-state index is 13.1. The lowest BCUT2D eigenvalue weighted by Crippen LogP contribution is -2.38. The van der Waals surface area contributed by atoms with Crippen LogP contribution in [0.1, 0.15) is 16.7 Å². The molecule has 0 N–H and O–H groups in total. The molecule has 3 rings (SSSR count). The van der Waals surface area contributed by atoms with Gasteiger partial charge in [0.25, 0.3) is 0 Å². The van der Waals surface area contributed by atoms with E-state index in [1.54, 1.807) is 12.1 Å². The Kier molecular flexibility index (Phi) is 5.77. The third-order valence-corrected chi connectivity index (χ3v) is 4.21. The summed E-state index contributed by atoms with van der Waals surface area (Å²) in [5.74, 6) is 0.672. The van der Waals surface area contributed by atoms with Crippen LogP contribution in [-0.4, -0.2) is 49.3 Å². The molecule has 0 spiro atoms. The smallest absolute Gasteiger partial charge is 0.128 e. The summed E-state index contributed by atoms with van der Waals surface area (Å²) < 4.78 is 24.5. The van der Waals surface area contributed by atoms with Gasteiger partial charge in [-0.05, 0) is 24.6 Å². The van der Waals surface area contributed by atoms with Gasteiger partial charge in [-0.1, -0.05) is 12.1 Å². The monoisotopic (exact) mass is 330 g/mol. The topological polar surface area (TPSA) is 34.6 Å². The summed E-state index contributed by atoms with van der Waals surface area (Å²) in [5, 5.41) is 0. The molecule has 24 heavy (non-hydrogen) atoms. The van der Waals surface area contributed by atoms with Crippen molar-refractivity contribution in [3.8, 4) is 5.75 Å². The normalized spacial score (nSPS) is 15.4. The number of morpholine rings is 1. The Morgan fingerprint density at radius 1 is 1.17 bits per heavy atom. The summed E-state index contributed by atoms with van der Waals surface area (Å²) in [6.45, 7) is 7.05. The Bertz CT molecular complexity index is 655. The van der Waals surface area contributed by atoms with Crippen LogP contribution in [0.15, 0.2) is 36.7 Å². The molecule has 2 aromatic rings. The lowest BCUT2D eigenvalue weighted by atomic mass is 10.0. The fourth-order valence-corrected chi connectivity index (χ4v) is 2.87. The van der Waals surface area contributed by atoms with E-state index in [2.05, 4.69) is 9.88 Å². The zero-order valence-electron chi connectivity index (χ0n) is 14.0. The standard InChI is InChI=1S/C19H23FN2O2/c1-15-13-21-14-17(12-16-2-4-18(20)5-3-16)19(15)24-11-8-22-6-9-23-10-7-22/h2-5,13-14H,6-12H2,1H3. The Labute approximate surface area is 142 Å². The van der Waals surface area contributed by atoms with Crippen LogP contribution in [0.4, 0.5) is 4.39 Å². The first-order chi connectivity index (χ1) is 11.7. The van der Waals surface area contributed by atoms with Gasteiger partial charge in [0, 0.05) is 49.6 Å². The highest BCUT2D eigenvalue weighted by molar-refractivity contribution is 5.40. The van der Waals surface area contributed by atoms with Gasteiger partial charge in [-0.2, -0.15) is 0 Å². The molecule has 0 saturated carbocycles. The second-order valence-corrected chi connectivity index (χ2v) is 6.05. The van der Waals surface area contributed by atoms with Crippen molar-refractivity contribution < 1.29 is 13.9 Å². The molecular formula is C19H23FN2O2. The largest absolute Gasteiger partial charge is 0.492 e. The summed E-state index contributed by atoms with van der Waals surface area (Å²) in [4.78, 5) is 6.62. The summed E-state index contributed by atoms with van der Waals surface area (Å²) in [7, 11) is 0. The average Bonchev–Trinajstić information content (AvgIpc) is 2.60. The minimum Gasteiger partial charge on any atom is -0.492 e. The molecule has 0 bridgehead atoms. The molecule has 0 aliphatic carbocycles. The van der Waals surface area contributed by atoms with E-state index in [1.165, 1.54) is 12.1 Å². The van der Waals surface area contributed by atoms with Crippen molar-refractivity contribution in [1.29, 1.82) is 0 Å². The van der Waals surface area contributed by atoms with Crippen LogP contribution >= 0.6 is 0 Å².